The molecule has 35 heavy (non-hydrogen) atoms. The van der Waals surface area contributed by atoms with E-state index in [1.54, 1.807) is 16.9 Å². The molecule has 0 unspecified atom stereocenters. The minimum absolute atomic E-state index is 0.253. The van der Waals surface area contributed by atoms with Gasteiger partial charge in [-0.25, -0.2) is 14.4 Å². The minimum Gasteiger partial charge on any atom is -0.490 e. The van der Waals surface area contributed by atoms with Crippen LogP contribution in [0.4, 0.5) is 4.39 Å². The number of ether oxygens (including phenoxy) is 1. The molecule has 0 aliphatic carbocycles. The summed E-state index contributed by atoms with van der Waals surface area (Å²) < 4.78 is 23.4. The summed E-state index contributed by atoms with van der Waals surface area (Å²) in [6, 6.07) is 10.7. The van der Waals surface area contributed by atoms with Crippen LogP contribution in [0.1, 0.15) is 11.1 Å². The molecule has 1 aliphatic heterocycles. The largest absolute Gasteiger partial charge is 0.490 e. The lowest BCUT2D eigenvalue weighted by molar-refractivity contribution is 0.219. The first-order chi connectivity index (χ1) is 17.0. The molecule has 9 heteroatoms. The van der Waals surface area contributed by atoms with Gasteiger partial charge in [-0.3, -0.25) is 9.58 Å². The van der Waals surface area contributed by atoms with Crippen LogP contribution in [0.3, 0.4) is 0 Å². The minimum atomic E-state index is -0.253. The highest BCUT2D eigenvalue weighted by Crippen LogP contribution is 2.35. The second-order valence-corrected chi connectivity index (χ2v) is 9.09. The number of benzene rings is 2. The smallest absolute Gasteiger partial charge is 0.162 e. The molecule has 0 radical (unpaired) electrons. The quantitative estimate of drug-likeness (QED) is 0.356. The van der Waals surface area contributed by atoms with Gasteiger partial charge in [-0.1, -0.05) is 11.6 Å². The van der Waals surface area contributed by atoms with Crippen molar-refractivity contribution < 1.29 is 9.13 Å². The van der Waals surface area contributed by atoms with Gasteiger partial charge < -0.3 is 9.30 Å². The molecule has 4 heterocycles. The fourth-order valence-corrected chi connectivity index (χ4v) is 4.79. The van der Waals surface area contributed by atoms with Crippen molar-refractivity contribution in [3.63, 3.8) is 0 Å². The Kier molecular flexibility index (Phi) is 5.47. The molecule has 176 valence electrons. The van der Waals surface area contributed by atoms with E-state index < -0.39 is 0 Å². The van der Waals surface area contributed by atoms with E-state index in [4.69, 9.17) is 16.3 Å². The molecule has 0 N–H and O–H groups in total. The summed E-state index contributed by atoms with van der Waals surface area (Å²) in [6.45, 7) is 2.63. The molecule has 3 aromatic heterocycles. The Hall–Kier alpha value is -3.75. The number of hydrogen-bond donors (Lipinski definition) is 0. The van der Waals surface area contributed by atoms with Crippen molar-refractivity contribution >= 4 is 22.5 Å². The molecule has 7 nitrogen and oxygen atoms in total. The summed E-state index contributed by atoms with van der Waals surface area (Å²) in [6.07, 6.45) is 9.29. The SMILES string of the molecule is Cn1cc(-c2ncc(CN3CCOc4c(Cl)cc(-n5ccc6cc(F)ccc65)cc4C3)cn2)cn1. The number of aromatic nitrogens is 5. The molecular weight excluding hydrogens is 467 g/mol. The second-order valence-electron chi connectivity index (χ2n) is 8.68. The topological polar surface area (TPSA) is 61.0 Å². The number of rotatable bonds is 4. The highest BCUT2D eigenvalue weighted by Gasteiger charge is 2.20. The predicted molar refractivity (Wildman–Crippen MR) is 132 cm³/mol. The van der Waals surface area contributed by atoms with Gasteiger partial charge in [0.05, 0.1) is 22.3 Å². The van der Waals surface area contributed by atoms with Crippen molar-refractivity contribution in [1.29, 1.82) is 0 Å². The van der Waals surface area contributed by atoms with Crippen molar-refractivity contribution in [2.45, 2.75) is 13.1 Å². The van der Waals surface area contributed by atoms with E-state index in [1.165, 1.54) is 12.1 Å². The average Bonchev–Trinajstić information content (AvgIpc) is 3.40. The van der Waals surface area contributed by atoms with Crippen molar-refractivity contribution in [3.05, 3.63) is 89.3 Å². The Bertz CT molecular complexity index is 1530. The number of hydrogen-bond acceptors (Lipinski definition) is 5. The van der Waals surface area contributed by atoms with Gasteiger partial charge in [-0.15, -0.1) is 0 Å². The van der Waals surface area contributed by atoms with Gasteiger partial charge in [0.1, 0.15) is 18.2 Å². The number of halogens is 2. The van der Waals surface area contributed by atoms with Gasteiger partial charge in [0.15, 0.2) is 5.82 Å². The summed E-state index contributed by atoms with van der Waals surface area (Å²) in [5, 5.41) is 5.58. The van der Waals surface area contributed by atoms with Gasteiger partial charge in [0.2, 0.25) is 0 Å². The molecular formula is C26H22ClFN6O. The maximum absolute atomic E-state index is 13.6. The van der Waals surface area contributed by atoms with E-state index >= 15 is 0 Å². The standard InChI is InChI=1S/C26H22ClFN6O/c1-32-15-20(13-31-32)26-29-11-17(12-30-26)14-33-6-7-35-25-19(16-33)9-22(10-23(25)27)34-5-4-18-8-21(28)2-3-24(18)34/h2-5,8-13,15H,6-7,14,16H2,1H3. The van der Waals surface area contributed by atoms with Crippen LogP contribution in [0.5, 0.6) is 5.75 Å². The molecule has 0 saturated carbocycles. The lowest BCUT2D eigenvalue weighted by atomic mass is 10.1. The van der Waals surface area contributed by atoms with Crippen LogP contribution in [0.2, 0.25) is 5.02 Å². The third kappa shape index (κ3) is 4.26. The Morgan fingerprint density at radius 3 is 2.74 bits per heavy atom. The van der Waals surface area contributed by atoms with Crippen LogP contribution in [0.15, 0.2) is 67.4 Å². The highest BCUT2D eigenvalue weighted by atomic mass is 35.5. The molecule has 5 aromatic rings. The lowest BCUT2D eigenvalue weighted by Crippen LogP contribution is -2.25. The molecule has 2 aromatic carbocycles. The van der Waals surface area contributed by atoms with Crippen molar-refractivity contribution in [2.75, 3.05) is 13.2 Å². The highest BCUT2D eigenvalue weighted by molar-refractivity contribution is 6.32. The first-order valence-corrected chi connectivity index (χ1v) is 11.7. The molecule has 0 saturated heterocycles. The predicted octanol–water partition coefficient (Wildman–Crippen LogP) is 5.01. The van der Waals surface area contributed by atoms with E-state index in [2.05, 4.69) is 26.0 Å². The molecule has 0 spiro atoms. The zero-order chi connectivity index (χ0) is 23.9. The monoisotopic (exact) mass is 488 g/mol. The van der Waals surface area contributed by atoms with E-state index in [0.717, 1.165) is 39.8 Å². The van der Waals surface area contributed by atoms with E-state index in [0.29, 0.717) is 36.3 Å². The normalized spacial score (nSPS) is 14.0. The first kappa shape index (κ1) is 21.8. The van der Waals surface area contributed by atoms with E-state index in [-0.39, 0.29) is 5.82 Å². The summed E-state index contributed by atoms with van der Waals surface area (Å²) >= 11 is 6.65. The summed E-state index contributed by atoms with van der Waals surface area (Å²) in [5.74, 6) is 1.11. The molecule has 0 atom stereocenters. The molecule has 1 aliphatic rings. The van der Waals surface area contributed by atoms with Crippen molar-refractivity contribution in [3.8, 4) is 22.8 Å². The molecule has 0 bridgehead atoms. The molecule has 0 fully saturated rings. The third-order valence-electron chi connectivity index (χ3n) is 6.16. The van der Waals surface area contributed by atoms with E-state index in [1.807, 2.05) is 48.5 Å². The van der Waals surface area contributed by atoms with Crippen LogP contribution in [-0.2, 0) is 20.1 Å². The van der Waals surface area contributed by atoms with Gasteiger partial charge in [-0.2, -0.15) is 5.10 Å². The third-order valence-corrected chi connectivity index (χ3v) is 6.44. The van der Waals surface area contributed by atoms with Crippen LogP contribution >= 0.6 is 11.6 Å². The van der Waals surface area contributed by atoms with Crippen LogP contribution in [0.25, 0.3) is 28.0 Å². The van der Waals surface area contributed by atoms with Gasteiger partial charge >= 0.3 is 0 Å². The Morgan fingerprint density at radius 2 is 1.94 bits per heavy atom. The van der Waals surface area contributed by atoms with Crippen molar-refractivity contribution in [2.24, 2.45) is 7.05 Å². The number of nitrogens with zero attached hydrogens (tertiary/aromatic N) is 6. The van der Waals surface area contributed by atoms with Crippen LogP contribution < -0.4 is 4.74 Å². The first-order valence-electron chi connectivity index (χ1n) is 11.3. The Labute approximate surface area is 206 Å². The number of aryl methyl sites for hydroxylation is 1. The summed E-state index contributed by atoms with van der Waals surface area (Å²) in [5.41, 5.74) is 4.73. The van der Waals surface area contributed by atoms with Crippen molar-refractivity contribution in [1.82, 2.24) is 29.2 Å². The Morgan fingerprint density at radius 1 is 1.09 bits per heavy atom. The zero-order valence-corrected chi connectivity index (χ0v) is 19.8. The Balaban J connectivity index is 1.26. The maximum Gasteiger partial charge on any atom is 0.162 e. The lowest BCUT2D eigenvalue weighted by Gasteiger charge is -2.19. The van der Waals surface area contributed by atoms with Gasteiger partial charge in [0, 0.05) is 73.7 Å². The van der Waals surface area contributed by atoms with Crippen LogP contribution in [0, 0.1) is 5.82 Å². The zero-order valence-electron chi connectivity index (χ0n) is 19.0. The summed E-state index contributed by atoms with van der Waals surface area (Å²) in [4.78, 5) is 11.3. The van der Waals surface area contributed by atoms with Gasteiger partial charge in [0.25, 0.3) is 0 Å². The second kappa shape index (κ2) is 8.79. The molecule has 6 rings (SSSR count). The maximum atomic E-state index is 13.6. The van der Waals surface area contributed by atoms with Gasteiger partial charge in [-0.05, 0) is 36.4 Å². The molecule has 0 amide bonds. The fraction of sp³-hybridized carbons (Fsp3) is 0.192. The summed E-state index contributed by atoms with van der Waals surface area (Å²) in [7, 11) is 1.87. The average molecular weight is 489 g/mol. The fourth-order valence-electron chi connectivity index (χ4n) is 4.50. The number of fused-ring (bicyclic) bond motifs is 2. The van der Waals surface area contributed by atoms with Crippen LogP contribution in [-0.4, -0.2) is 42.4 Å². The van der Waals surface area contributed by atoms with E-state index in [9.17, 15) is 4.39 Å².